The number of ether oxygens (including phenoxy) is 1. The number of rotatable bonds is 3. The van der Waals surface area contributed by atoms with Gasteiger partial charge in [0.1, 0.15) is 5.75 Å². The highest BCUT2D eigenvalue weighted by atomic mass is 16.5. The van der Waals surface area contributed by atoms with Crippen molar-refractivity contribution in [1.29, 1.82) is 0 Å². The topological polar surface area (TPSA) is 35.2 Å². The van der Waals surface area contributed by atoms with Gasteiger partial charge in [0.15, 0.2) is 0 Å². The van der Waals surface area contributed by atoms with Crippen molar-refractivity contribution in [3.05, 3.63) is 29.3 Å². The second kappa shape index (κ2) is 4.88. The van der Waals surface area contributed by atoms with E-state index in [9.17, 15) is 0 Å². The van der Waals surface area contributed by atoms with Gasteiger partial charge in [0.2, 0.25) is 0 Å². The zero-order valence-electron chi connectivity index (χ0n) is 10.2. The van der Waals surface area contributed by atoms with Gasteiger partial charge in [0.05, 0.1) is 7.11 Å². The lowest BCUT2D eigenvalue weighted by atomic mass is 9.94. The van der Waals surface area contributed by atoms with Gasteiger partial charge in [-0.2, -0.15) is 0 Å². The van der Waals surface area contributed by atoms with Crippen molar-refractivity contribution in [2.75, 3.05) is 7.11 Å². The predicted molar refractivity (Wildman–Crippen MR) is 66.8 cm³/mol. The van der Waals surface area contributed by atoms with Crippen LogP contribution in [-0.4, -0.2) is 13.2 Å². The fourth-order valence-corrected chi connectivity index (χ4v) is 2.67. The summed E-state index contributed by atoms with van der Waals surface area (Å²) in [6.45, 7) is 2.12. The fourth-order valence-electron chi connectivity index (χ4n) is 2.67. The molecule has 2 nitrogen and oxygen atoms in total. The molecule has 1 aromatic rings. The Morgan fingerprint density at radius 3 is 2.81 bits per heavy atom. The van der Waals surface area contributed by atoms with E-state index in [0.29, 0.717) is 12.0 Å². The Hall–Kier alpha value is -1.02. The van der Waals surface area contributed by atoms with E-state index in [-0.39, 0.29) is 0 Å². The molecule has 1 aromatic carbocycles. The minimum Gasteiger partial charge on any atom is -0.496 e. The van der Waals surface area contributed by atoms with E-state index in [1.54, 1.807) is 7.11 Å². The van der Waals surface area contributed by atoms with Crippen molar-refractivity contribution < 1.29 is 4.74 Å². The average Bonchev–Trinajstić information content (AvgIpc) is 2.65. The van der Waals surface area contributed by atoms with Crippen LogP contribution in [0.1, 0.15) is 30.4 Å². The van der Waals surface area contributed by atoms with Gasteiger partial charge in [-0.3, -0.25) is 0 Å². The second-order valence-electron chi connectivity index (χ2n) is 4.87. The van der Waals surface area contributed by atoms with Gasteiger partial charge in [-0.15, -0.1) is 0 Å². The Bertz CT molecular complexity index is 362. The third-order valence-corrected chi connectivity index (χ3v) is 3.64. The van der Waals surface area contributed by atoms with E-state index >= 15 is 0 Å². The molecule has 0 spiro atoms. The molecule has 0 saturated heterocycles. The molecule has 1 saturated carbocycles. The molecule has 1 fully saturated rings. The molecule has 0 radical (unpaired) electrons. The summed E-state index contributed by atoms with van der Waals surface area (Å²) in [5, 5.41) is 0. The van der Waals surface area contributed by atoms with Crippen molar-refractivity contribution in [3.8, 4) is 5.75 Å². The van der Waals surface area contributed by atoms with Gasteiger partial charge < -0.3 is 10.5 Å². The monoisotopic (exact) mass is 219 g/mol. The number of hydrogen-bond donors (Lipinski definition) is 1. The standard InChI is InChI=1S/C14H21NO/c1-10-6-7-14(16-2)12(8-10)9-11-4-3-5-13(11)15/h6-8,11,13H,3-5,9,15H2,1-2H3. The molecule has 16 heavy (non-hydrogen) atoms. The van der Waals surface area contributed by atoms with Crippen molar-refractivity contribution in [2.24, 2.45) is 11.7 Å². The van der Waals surface area contributed by atoms with E-state index in [4.69, 9.17) is 10.5 Å². The summed E-state index contributed by atoms with van der Waals surface area (Å²) in [5.74, 6) is 1.64. The zero-order valence-corrected chi connectivity index (χ0v) is 10.2. The molecular formula is C14H21NO. The molecule has 2 atom stereocenters. The normalized spacial score (nSPS) is 24.7. The molecule has 0 amide bonds. The smallest absolute Gasteiger partial charge is 0.122 e. The molecule has 0 aromatic heterocycles. The second-order valence-corrected chi connectivity index (χ2v) is 4.87. The Kier molecular flexibility index (Phi) is 3.49. The lowest BCUT2D eigenvalue weighted by Crippen LogP contribution is -2.26. The van der Waals surface area contributed by atoms with E-state index in [1.807, 2.05) is 0 Å². The minimum absolute atomic E-state index is 0.380. The van der Waals surface area contributed by atoms with Crippen molar-refractivity contribution in [3.63, 3.8) is 0 Å². The Morgan fingerprint density at radius 1 is 1.38 bits per heavy atom. The van der Waals surface area contributed by atoms with Crippen molar-refractivity contribution in [1.82, 2.24) is 0 Å². The summed E-state index contributed by atoms with van der Waals surface area (Å²) in [6.07, 6.45) is 4.78. The first-order chi connectivity index (χ1) is 7.70. The molecule has 2 unspecified atom stereocenters. The highest BCUT2D eigenvalue weighted by Gasteiger charge is 2.24. The highest BCUT2D eigenvalue weighted by Crippen LogP contribution is 2.30. The summed E-state index contributed by atoms with van der Waals surface area (Å²) < 4.78 is 5.41. The Labute approximate surface area is 97.8 Å². The predicted octanol–water partition coefficient (Wildman–Crippen LogP) is 2.67. The summed E-state index contributed by atoms with van der Waals surface area (Å²) in [4.78, 5) is 0. The van der Waals surface area contributed by atoms with Crippen LogP contribution in [0, 0.1) is 12.8 Å². The van der Waals surface area contributed by atoms with Crippen molar-refractivity contribution in [2.45, 2.75) is 38.6 Å². The van der Waals surface area contributed by atoms with E-state index in [0.717, 1.165) is 12.2 Å². The number of nitrogens with two attached hydrogens (primary N) is 1. The first kappa shape index (κ1) is 11.5. The highest BCUT2D eigenvalue weighted by molar-refractivity contribution is 5.37. The van der Waals surface area contributed by atoms with Gasteiger partial charge in [-0.25, -0.2) is 0 Å². The Morgan fingerprint density at radius 2 is 2.19 bits per heavy atom. The van der Waals surface area contributed by atoms with Crippen LogP contribution in [0.2, 0.25) is 0 Å². The lowest BCUT2D eigenvalue weighted by Gasteiger charge is -2.17. The Balaban J connectivity index is 2.16. The number of benzene rings is 1. The summed E-state index contributed by atoms with van der Waals surface area (Å²) in [5.41, 5.74) is 8.72. The van der Waals surface area contributed by atoms with Crippen LogP contribution in [0.4, 0.5) is 0 Å². The number of hydrogen-bond acceptors (Lipinski definition) is 2. The molecular weight excluding hydrogens is 198 g/mol. The quantitative estimate of drug-likeness (QED) is 0.848. The van der Waals surface area contributed by atoms with Gasteiger partial charge in [0, 0.05) is 6.04 Å². The molecule has 2 N–H and O–H groups in total. The molecule has 2 heteroatoms. The third-order valence-electron chi connectivity index (χ3n) is 3.64. The van der Waals surface area contributed by atoms with Crippen LogP contribution in [0.3, 0.4) is 0 Å². The SMILES string of the molecule is COc1ccc(C)cc1CC1CCCC1N. The van der Waals surface area contributed by atoms with Crippen molar-refractivity contribution >= 4 is 0 Å². The van der Waals surface area contributed by atoms with E-state index < -0.39 is 0 Å². The van der Waals surface area contributed by atoms with E-state index in [2.05, 4.69) is 25.1 Å². The maximum Gasteiger partial charge on any atom is 0.122 e. The average molecular weight is 219 g/mol. The van der Waals surface area contributed by atoms with Crippen LogP contribution in [-0.2, 0) is 6.42 Å². The fraction of sp³-hybridized carbons (Fsp3) is 0.571. The van der Waals surface area contributed by atoms with Crippen LogP contribution in [0.25, 0.3) is 0 Å². The van der Waals surface area contributed by atoms with Crippen LogP contribution < -0.4 is 10.5 Å². The van der Waals surface area contributed by atoms with Crippen LogP contribution in [0.15, 0.2) is 18.2 Å². The number of methoxy groups -OCH3 is 1. The maximum absolute atomic E-state index is 6.12. The van der Waals surface area contributed by atoms with Crippen LogP contribution in [0.5, 0.6) is 5.75 Å². The molecule has 1 aliphatic rings. The molecule has 88 valence electrons. The third kappa shape index (κ3) is 2.38. The summed E-state index contributed by atoms with van der Waals surface area (Å²) in [7, 11) is 1.74. The van der Waals surface area contributed by atoms with Crippen LogP contribution >= 0.6 is 0 Å². The maximum atomic E-state index is 6.12. The van der Waals surface area contributed by atoms with Gasteiger partial charge in [0.25, 0.3) is 0 Å². The molecule has 0 bridgehead atoms. The molecule has 1 aliphatic carbocycles. The zero-order chi connectivity index (χ0) is 11.5. The first-order valence-electron chi connectivity index (χ1n) is 6.10. The molecule has 2 rings (SSSR count). The lowest BCUT2D eigenvalue weighted by molar-refractivity contribution is 0.400. The summed E-state index contributed by atoms with van der Waals surface area (Å²) >= 11 is 0. The van der Waals surface area contributed by atoms with E-state index in [1.165, 1.54) is 30.4 Å². The largest absolute Gasteiger partial charge is 0.496 e. The minimum atomic E-state index is 0.380. The first-order valence-corrected chi connectivity index (χ1v) is 6.10. The van der Waals surface area contributed by atoms with Gasteiger partial charge in [-0.1, -0.05) is 24.1 Å². The molecule has 0 heterocycles. The summed E-state index contributed by atoms with van der Waals surface area (Å²) in [6, 6.07) is 6.76. The van der Waals surface area contributed by atoms with Gasteiger partial charge in [-0.05, 0) is 43.7 Å². The van der Waals surface area contributed by atoms with Gasteiger partial charge >= 0.3 is 0 Å². The number of aryl methyl sites for hydroxylation is 1. The molecule has 0 aliphatic heterocycles.